The number of unbranched alkanes of at least 4 members (excludes halogenated alkanes) is 12. The standard InChI is InChI=1S/C30H50N2/c1-3-5-7-8-9-10-11-12-13-14-15-19-25-30-31-29(27-32(30)26-6-4-2)24-20-23-28-21-17-16-18-22-28/h16-18,21-22,27H,3-15,19-20,23-26H2,1-2H3. The third kappa shape index (κ3) is 11.9. The Hall–Kier alpha value is -1.57. The molecular weight excluding hydrogens is 388 g/mol. The van der Waals surface area contributed by atoms with Crippen LogP contribution in [-0.4, -0.2) is 9.55 Å². The molecule has 1 aromatic carbocycles. The summed E-state index contributed by atoms with van der Waals surface area (Å²) in [7, 11) is 0. The third-order valence-corrected chi connectivity index (χ3v) is 6.66. The summed E-state index contributed by atoms with van der Waals surface area (Å²) in [6.45, 7) is 5.71. The second-order valence-corrected chi connectivity index (χ2v) is 9.67. The smallest absolute Gasteiger partial charge is 0.108 e. The molecule has 2 rings (SSSR count). The molecule has 0 amide bonds. The maximum atomic E-state index is 5.05. The van der Waals surface area contributed by atoms with Crippen molar-refractivity contribution in [3.63, 3.8) is 0 Å². The van der Waals surface area contributed by atoms with Crippen LogP contribution >= 0.6 is 0 Å². The minimum absolute atomic E-state index is 1.10. The molecule has 0 saturated heterocycles. The van der Waals surface area contributed by atoms with E-state index in [0.717, 1.165) is 25.8 Å². The van der Waals surface area contributed by atoms with Gasteiger partial charge in [0.25, 0.3) is 0 Å². The normalized spacial score (nSPS) is 11.3. The van der Waals surface area contributed by atoms with Gasteiger partial charge in [0.05, 0.1) is 5.69 Å². The number of benzene rings is 1. The molecule has 0 spiro atoms. The average Bonchev–Trinajstić information content (AvgIpc) is 3.20. The van der Waals surface area contributed by atoms with Crippen molar-refractivity contribution in [1.82, 2.24) is 9.55 Å². The van der Waals surface area contributed by atoms with Gasteiger partial charge in [-0.05, 0) is 37.7 Å². The van der Waals surface area contributed by atoms with E-state index >= 15 is 0 Å². The predicted octanol–water partition coefficient (Wildman–Crippen LogP) is 9.10. The van der Waals surface area contributed by atoms with E-state index in [2.05, 4.69) is 54.9 Å². The van der Waals surface area contributed by atoms with Gasteiger partial charge in [0, 0.05) is 19.2 Å². The van der Waals surface area contributed by atoms with E-state index in [4.69, 9.17) is 4.98 Å². The number of nitrogens with zero attached hydrogens (tertiary/aromatic N) is 2. The zero-order valence-corrected chi connectivity index (χ0v) is 21.3. The van der Waals surface area contributed by atoms with Crippen molar-refractivity contribution in [3.8, 4) is 0 Å². The van der Waals surface area contributed by atoms with Crippen molar-refractivity contribution < 1.29 is 0 Å². The largest absolute Gasteiger partial charge is 0.335 e. The van der Waals surface area contributed by atoms with Gasteiger partial charge >= 0.3 is 0 Å². The summed E-state index contributed by atoms with van der Waals surface area (Å²) in [6.07, 6.45) is 26.4. The third-order valence-electron chi connectivity index (χ3n) is 6.66. The second-order valence-electron chi connectivity index (χ2n) is 9.67. The monoisotopic (exact) mass is 438 g/mol. The van der Waals surface area contributed by atoms with E-state index in [-0.39, 0.29) is 0 Å². The van der Waals surface area contributed by atoms with Crippen LogP contribution in [0.3, 0.4) is 0 Å². The lowest BCUT2D eigenvalue weighted by Crippen LogP contribution is -2.03. The fourth-order valence-corrected chi connectivity index (χ4v) is 4.60. The van der Waals surface area contributed by atoms with Crippen molar-refractivity contribution in [2.75, 3.05) is 0 Å². The highest BCUT2D eigenvalue weighted by Crippen LogP contribution is 2.15. The number of aryl methyl sites for hydroxylation is 4. The molecule has 0 N–H and O–H groups in total. The first-order chi connectivity index (χ1) is 15.8. The Morgan fingerprint density at radius 2 is 1.19 bits per heavy atom. The molecule has 32 heavy (non-hydrogen) atoms. The summed E-state index contributed by atoms with van der Waals surface area (Å²) in [4.78, 5) is 5.05. The Bertz CT molecular complexity index is 673. The van der Waals surface area contributed by atoms with Crippen LogP contribution < -0.4 is 0 Å². The van der Waals surface area contributed by atoms with Crippen LogP contribution in [0, 0.1) is 0 Å². The van der Waals surface area contributed by atoms with E-state index in [1.165, 1.54) is 113 Å². The lowest BCUT2D eigenvalue weighted by atomic mass is 10.0. The maximum Gasteiger partial charge on any atom is 0.108 e. The Balaban J connectivity index is 1.61. The van der Waals surface area contributed by atoms with Crippen molar-refractivity contribution in [2.45, 2.75) is 136 Å². The lowest BCUT2D eigenvalue weighted by molar-refractivity contribution is 0.537. The highest BCUT2D eigenvalue weighted by atomic mass is 15.1. The van der Waals surface area contributed by atoms with Crippen molar-refractivity contribution in [2.24, 2.45) is 0 Å². The Labute approximate surface area is 199 Å². The summed E-state index contributed by atoms with van der Waals surface area (Å²) >= 11 is 0. The van der Waals surface area contributed by atoms with Gasteiger partial charge in [-0.2, -0.15) is 0 Å². The van der Waals surface area contributed by atoms with Crippen molar-refractivity contribution in [1.29, 1.82) is 0 Å². The summed E-state index contributed by atoms with van der Waals surface area (Å²) in [5.41, 5.74) is 2.74. The second kappa shape index (κ2) is 17.9. The van der Waals surface area contributed by atoms with Crippen LogP contribution in [0.4, 0.5) is 0 Å². The first-order valence-corrected chi connectivity index (χ1v) is 13.9. The molecule has 0 aliphatic heterocycles. The van der Waals surface area contributed by atoms with Gasteiger partial charge in [-0.15, -0.1) is 0 Å². The zero-order valence-electron chi connectivity index (χ0n) is 21.3. The molecule has 0 saturated carbocycles. The van der Waals surface area contributed by atoms with E-state index in [1.807, 2.05) is 0 Å². The number of hydrogen-bond donors (Lipinski definition) is 0. The van der Waals surface area contributed by atoms with Crippen LogP contribution in [0.25, 0.3) is 0 Å². The topological polar surface area (TPSA) is 17.8 Å². The number of rotatable bonds is 20. The molecule has 0 aliphatic rings. The summed E-state index contributed by atoms with van der Waals surface area (Å²) in [6, 6.07) is 10.8. The molecule has 180 valence electrons. The van der Waals surface area contributed by atoms with Gasteiger partial charge in [-0.25, -0.2) is 4.98 Å². The van der Waals surface area contributed by atoms with E-state index in [9.17, 15) is 0 Å². The van der Waals surface area contributed by atoms with Gasteiger partial charge in [-0.3, -0.25) is 0 Å². The molecule has 0 fully saturated rings. The van der Waals surface area contributed by atoms with Crippen LogP contribution in [0.15, 0.2) is 36.5 Å². The minimum Gasteiger partial charge on any atom is -0.335 e. The highest BCUT2D eigenvalue weighted by molar-refractivity contribution is 5.15. The first-order valence-electron chi connectivity index (χ1n) is 13.9. The van der Waals surface area contributed by atoms with Crippen LogP contribution in [0.2, 0.25) is 0 Å². The molecule has 2 nitrogen and oxygen atoms in total. The molecule has 0 aliphatic carbocycles. The summed E-state index contributed by atoms with van der Waals surface area (Å²) in [5.74, 6) is 1.33. The van der Waals surface area contributed by atoms with Crippen molar-refractivity contribution in [3.05, 3.63) is 53.6 Å². The molecule has 1 aromatic heterocycles. The predicted molar refractivity (Wildman–Crippen MR) is 140 cm³/mol. The Morgan fingerprint density at radius 3 is 1.81 bits per heavy atom. The number of hydrogen-bond acceptors (Lipinski definition) is 1. The van der Waals surface area contributed by atoms with E-state index in [0.29, 0.717) is 0 Å². The van der Waals surface area contributed by atoms with E-state index < -0.39 is 0 Å². The molecule has 0 radical (unpaired) electrons. The summed E-state index contributed by atoms with van der Waals surface area (Å²) < 4.78 is 2.46. The lowest BCUT2D eigenvalue weighted by Gasteiger charge is -2.07. The SMILES string of the molecule is CCCCCCCCCCCCCCc1nc(CCCc2ccccc2)cn1CCCC. The number of imidazole rings is 1. The minimum atomic E-state index is 1.10. The molecular formula is C30H50N2. The molecule has 0 atom stereocenters. The zero-order chi connectivity index (χ0) is 22.7. The summed E-state index contributed by atoms with van der Waals surface area (Å²) in [5, 5.41) is 0. The van der Waals surface area contributed by atoms with Gasteiger partial charge in [0.15, 0.2) is 0 Å². The maximum absolute atomic E-state index is 5.05. The quantitative estimate of drug-likeness (QED) is 0.188. The molecule has 0 unspecified atom stereocenters. The van der Waals surface area contributed by atoms with Crippen LogP contribution in [-0.2, 0) is 25.8 Å². The fraction of sp³-hybridized carbons (Fsp3) is 0.700. The van der Waals surface area contributed by atoms with Gasteiger partial charge < -0.3 is 4.57 Å². The molecule has 1 heterocycles. The van der Waals surface area contributed by atoms with E-state index in [1.54, 1.807) is 0 Å². The molecule has 2 heteroatoms. The average molecular weight is 439 g/mol. The van der Waals surface area contributed by atoms with Crippen LogP contribution in [0.1, 0.15) is 127 Å². The van der Waals surface area contributed by atoms with Crippen molar-refractivity contribution >= 4 is 0 Å². The molecule has 2 aromatic rings. The van der Waals surface area contributed by atoms with Gasteiger partial charge in [0.2, 0.25) is 0 Å². The van der Waals surface area contributed by atoms with Crippen LogP contribution in [0.5, 0.6) is 0 Å². The Morgan fingerprint density at radius 1 is 0.594 bits per heavy atom. The highest BCUT2D eigenvalue weighted by Gasteiger charge is 2.08. The first kappa shape index (κ1) is 26.7. The fourth-order valence-electron chi connectivity index (χ4n) is 4.60. The number of aromatic nitrogens is 2. The Kier molecular flexibility index (Phi) is 14.9. The van der Waals surface area contributed by atoms with Gasteiger partial charge in [-0.1, -0.05) is 121 Å². The van der Waals surface area contributed by atoms with Gasteiger partial charge in [0.1, 0.15) is 5.82 Å². The molecule has 0 bridgehead atoms.